The van der Waals surface area contributed by atoms with Crippen molar-refractivity contribution in [3.63, 3.8) is 0 Å². The number of esters is 1. The number of halogens is 2. The minimum Gasteiger partial charge on any atom is -0.460 e. The van der Waals surface area contributed by atoms with E-state index in [2.05, 4.69) is 0 Å². The van der Waals surface area contributed by atoms with Crippen molar-refractivity contribution in [2.75, 3.05) is 19.8 Å². The van der Waals surface area contributed by atoms with E-state index < -0.39 is 23.2 Å². The number of carbonyl (C=O) groups excluding carboxylic acids is 1. The molecule has 0 amide bonds. The van der Waals surface area contributed by atoms with Gasteiger partial charge in [-0.05, 0) is 18.1 Å². The Hall–Kier alpha value is -1.49. The van der Waals surface area contributed by atoms with E-state index in [0.717, 1.165) is 6.07 Å². The number of rotatable bonds is 6. The molecule has 1 rings (SSSR count). The summed E-state index contributed by atoms with van der Waals surface area (Å²) in [6, 6.07) is 3.37. The molecule has 1 aromatic carbocycles. The van der Waals surface area contributed by atoms with E-state index in [-0.39, 0.29) is 13.2 Å². The number of hydrogen-bond donors (Lipinski definition) is 0. The van der Waals surface area contributed by atoms with Crippen molar-refractivity contribution in [3.05, 3.63) is 35.4 Å². The first-order valence-electron chi connectivity index (χ1n) is 5.71. The lowest BCUT2D eigenvalue weighted by Gasteiger charge is -2.08. The van der Waals surface area contributed by atoms with Crippen molar-refractivity contribution >= 4 is 5.97 Å². The van der Waals surface area contributed by atoms with Gasteiger partial charge in [-0.2, -0.15) is 0 Å². The van der Waals surface area contributed by atoms with Crippen molar-refractivity contribution in [2.45, 2.75) is 13.8 Å². The molecule has 0 fully saturated rings. The van der Waals surface area contributed by atoms with Crippen LogP contribution in [0.3, 0.4) is 0 Å². The van der Waals surface area contributed by atoms with Crippen LogP contribution in [0.2, 0.25) is 0 Å². The van der Waals surface area contributed by atoms with Crippen LogP contribution in [-0.2, 0) is 9.47 Å². The average molecular weight is 258 g/mol. The molecule has 0 aliphatic rings. The normalized spacial score (nSPS) is 10.7. The molecule has 0 unspecified atom stereocenters. The predicted octanol–water partition coefficient (Wildman–Crippen LogP) is 2.79. The van der Waals surface area contributed by atoms with Crippen molar-refractivity contribution in [2.24, 2.45) is 5.92 Å². The zero-order valence-corrected chi connectivity index (χ0v) is 10.4. The van der Waals surface area contributed by atoms with Crippen molar-refractivity contribution in [1.29, 1.82) is 0 Å². The molecule has 0 aromatic heterocycles. The Bertz CT molecular complexity index is 405. The zero-order chi connectivity index (χ0) is 13.5. The molecule has 0 radical (unpaired) electrons. The van der Waals surface area contributed by atoms with Gasteiger partial charge in [0.15, 0.2) is 11.6 Å². The van der Waals surface area contributed by atoms with Gasteiger partial charge in [0, 0.05) is 6.61 Å². The molecular weight excluding hydrogens is 242 g/mol. The molecule has 0 saturated heterocycles. The third kappa shape index (κ3) is 4.41. The van der Waals surface area contributed by atoms with E-state index in [9.17, 15) is 13.6 Å². The Morgan fingerprint density at radius 2 is 2.00 bits per heavy atom. The van der Waals surface area contributed by atoms with E-state index in [0.29, 0.717) is 12.5 Å². The Kier molecular flexibility index (Phi) is 5.71. The standard InChI is InChI=1S/C13H16F2O3/c1-9(2)8-17-6-7-18-13(16)10-4-3-5-11(14)12(10)15/h3-5,9H,6-8H2,1-2H3. The van der Waals surface area contributed by atoms with E-state index in [4.69, 9.17) is 9.47 Å². The lowest BCUT2D eigenvalue weighted by molar-refractivity contribution is 0.0273. The summed E-state index contributed by atoms with van der Waals surface area (Å²) in [5.74, 6) is -2.76. The van der Waals surface area contributed by atoms with Crippen LogP contribution in [0.15, 0.2) is 18.2 Å². The van der Waals surface area contributed by atoms with Gasteiger partial charge in [0.2, 0.25) is 0 Å². The molecule has 5 heteroatoms. The van der Waals surface area contributed by atoms with E-state index in [1.807, 2.05) is 13.8 Å². The summed E-state index contributed by atoms with van der Waals surface area (Å²) in [5, 5.41) is 0. The molecule has 100 valence electrons. The van der Waals surface area contributed by atoms with Gasteiger partial charge in [0.25, 0.3) is 0 Å². The molecule has 0 spiro atoms. The summed E-state index contributed by atoms with van der Waals surface area (Å²) < 4.78 is 36.1. The highest BCUT2D eigenvalue weighted by Crippen LogP contribution is 2.12. The Labute approximate surface area is 105 Å². The molecule has 18 heavy (non-hydrogen) atoms. The quantitative estimate of drug-likeness (QED) is 0.581. The second kappa shape index (κ2) is 7.06. The van der Waals surface area contributed by atoms with Crippen LogP contribution in [0.5, 0.6) is 0 Å². The number of carbonyl (C=O) groups is 1. The summed E-state index contributed by atoms with van der Waals surface area (Å²) in [4.78, 5) is 11.4. The fraction of sp³-hybridized carbons (Fsp3) is 0.462. The highest BCUT2D eigenvalue weighted by Gasteiger charge is 2.15. The molecule has 0 bridgehead atoms. The van der Waals surface area contributed by atoms with Crippen LogP contribution in [0.4, 0.5) is 8.78 Å². The van der Waals surface area contributed by atoms with Crippen LogP contribution >= 0.6 is 0 Å². The summed E-state index contributed by atoms with van der Waals surface area (Å²) in [6.07, 6.45) is 0. The maximum absolute atomic E-state index is 13.2. The molecule has 0 aliphatic heterocycles. The second-order valence-electron chi connectivity index (χ2n) is 4.21. The largest absolute Gasteiger partial charge is 0.460 e. The van der Waals surface area contributed by atoms with Crippen molar-refractivity contribution in [1.82, 2.24) is 0 Å². The summed E-state index contributed by atoms with van der Waals surface area (Å²) in [5.41, 5.74) is -0.404. The van der Waals surface area contributed by atoms with Crippen molar-refractivity contribution < 1.29 is 23.0 Å². The lowest BCUT2D eigenvalue weighted by atomic mass is 10.2. The third-order valence-corrected chi connectivity index (χ3v) is 2.08. The van der Waals surface area contributed by atoms with Gasteiger partial charge in [-0.1, -0.05) is 19.9 Å². The minimum atomic E-state index is -1.19. The first-order valence-corrected chi connectivity index (χ1v) is 5.71. The lowest BCUT2D eigenvalue weighted by Crippen LogP contribution is -2.14. The fourth-order valence-electron chi connectivity index (χ4n) is 1.25. The third-order valence-electron chi connectivity index (χ3n) is 2.08. The van der Waals surface area contributed by atoms with Crippen molar-refractivity contribution in [3.8, 4) is 0 Å². The van der Waals surface area contributed by atoms with Gasteiger partial charge in [-0.15, -0.1) is 0 Å². The number of ether oxygens (including phenoxy) is 2. The maximum Gasteiger partial charge on any atom is 0.341 e. The zero-order valence-electron chi connectivity index (χ0n) is 10.4. The molecule has 1 aromatic rings. The Morgan fingerprint density at radius 1 is 1.28 bits per heavy atom. The number of benzene rings is 1. The molecule has 0 heterocycles. The van der Waals surface area contributed by atoms with Crippen LogP contribution in [0.1, 0.15) is 24.2 Å². The smallest absolute Gasteiger partial charge is 0.341 e. The first kappa shape index (κ1) is 14.6. The van der Waals surface area contributed by atoms with Crippen LogP contribution in [0.25, 0.3) is 0 Å². The highest BCUT2D eigenvalue weighted by atomic mass is 19.2. The molecule has 0 saturated carbocycles. The van der Waals surface area contributed by atoms with E-state index in [1.54, 1.807) is 0 Å². The molecule has 0 N–H and O–H groups in total. The van der Waals surface area contributed by atoms with Gasteiger partial charge >= 0.3 is 5.97 Å². The summed E-state index contributed by atoms with van der Waals surface area (Å²) in [7, 11) is 0. The number of hydrogen-bond acceptors (Lipinski definition) is 3. The van der Waals surface area contributed by atoms with E-state index in [1.165, 1.54) is 12.1 Å². The maximum atomic E-state index is 13.2. The fourth-order valence-corrected chi connectivity index (χ4v) is 1.25. The molecule has 0 aliphatic carbocycles. The summed E-state index contributed by atoms with van der Waals surface area (Å²) in [6.45, 7) is 4.80. The monoisotopic (exact) mass is 258 g/mol. The second-order valence-corrected chi connectivity index (χ2v) is 4.21. The minimum absolute atomic E-state index is 0.0154. The topological polar surface area (TPSA) is 35.5 Å². The molecular formula is C13H16F2O3. The van der Waals surface area contributed by atoms with Gasteiger partial charge in [0.1, 0.15) is 6.61 Å². The average Bonchev–Trinajstić information content (AvgIpc) is 2.31. The van der Waals surface area contributed by atoms with Crippen LogP contribution in [-0.4, -0.2) is 25.8 Å². The predicted molar refractivity (Wildman–Crippen MR) is 62.3 cm³/mol. The van der Waals surface area contributed by atoms with Gasteiger partial charge in [-0.25, -0.2) is 13.6 Å². The first-order chi connectivity index (χ1) is 8.52. The van der Waals surface area contributed by atoms with Crippen LogP contribution < -0.4 is 0 Å². The highest BCUT2D eigenvalue weighted by molar-refractivity contribution is 5.89. The van der Waals surface area contributed by atoms with Crippen LogP contribution in [0, 0.1) is 17.6 Å². The Morgan fingerprint density at radius 3 is 2.67 bits per heavy atom. The van der Waals surface area contributed by atoms with E-state index >= 15 is 0 Å². The summed E-state index contributed by atoms with van der Waals surface area (Å²) >= 11 is 0. The molecule has 0 atom stereocenters. The SMILES string of the molecule is CC(C)COCCOC(=O)c1cccc(F)c1F. The van der Waals surface area contributed by atoms with Gasteiger partial charge in [-0.3, -0.25) is 0 Å². The van der Waals surface area contributed by atoms with Gasteiger partial charge < -0.3 is 9.47 Å². The van der Waals surface area contributed by atoms with Gasteiger partial charge in [0.05, 0.1) is 12.2 Å². The Balaban J connectivity index is 2.39. The molecule has 3 nitrogen and oxygen atoms in total.